The number of oxime groups is 1. The Hall–Kier alpha value is -1.71. The normalized spacial score (nSPS) is 10.8. The van der Waals surface area contributed by atoms with Gasteiger partial charge < -0.3 is 9.94 Å². The number of ether oxygens (including phenoxy) is 1. The van der Waals surface area contributed by atoms with Crippen LogP contribution in [0.3, 0.4) is 0 Å². The second-order valence-electron chi connectivity index (χ2n) is 3.49. The average Bonchev–Trinajstić information content (AvgIpc) is 2.37. The van der Waals surface area contributed by atoms with Crippen molar-refractivity contribution in [1.29, 1.82) is 0 Å². The highest BCUT2D eigenvalue weighted by Gasteiger charge is 2.04. The molecule has 0 aromatic heterocycles. The summed E-state index contributed by atoms with van der Waals surface area (Å²) in [6, 6.07) is 12.0. The van der Waals surface area contributed by atoms with Crippen molar-refractivity contribution in [1.82, 2.24) is 0 Å². The van der Waals surface area contributed by atoms with E-state index in [4.69, 9.17) is 33.1 Å². The molecular weight excluding hydrogens is 273 g/mol. The predicted octanol–water partition coefficient (Wildman–Crippen LogP) is 4.59. The van der Waals surface area contributed by atoms with Crippen molar-refractivity contribution >= 4 is 29.4 Å². The molecule has 0 radical (unpaired) electrons. The minimum absolute atomic E-state index is 0.486. The second kappa shape index (κ2) is 5.76. The van der Waals surface area contributed by atoms with Crippen molar-refractivity contribution in [3.05, 3.63) is 58.1 Å². The van der Waals surface area contributed by atoms with Gasteiger partial charge in [-0.05, 0) is 42.0 Å². The fourth-order valence-electron chi connectivity index (χ4n) is 1.37. The molecule has 1 N–H and O–H groups in total. The van der Waals surface area contributed by atoms with E-state index >= 15 is 0 Å². The smallest absolute Gasteiger partial charge is 0.147 e. The molecule has 0 amide bonds. The van der Waals surface area contributed by atoms with E-state index in [2.05, 4.69) is 5.16 Å². The summed E-state index contributed by atoms with van der Waals surface area (Å²) in [4.78, 5) is 0. The Morgan fingerprint density at radius 1 is 1.06 bits per heavy atom. The maximum absolute atomic E-state index is 8.40. The maximum atomic E-state index is 8.40. The summed E-state index contributed by atoms with van der Waals surface area (Å²) < 4.78 is 5.60. The van der Waals surface area contributed by atoms with Crippen LogP contribution in [0.4, 0.5) is 0 Å². The summed E-state index contributed by atoms with van der Waals surface area (Å²) in [7, 11) is 0. The fraction of sp³-hybridized carbons (Fsp3) is 0. The van der Waals surface area contributed by atoms with Crippen LogP contribution in [0.1, 0.15) is 5.56 Å². The van der Waals surface area contributed by atoms with Crippen molar-refractivity contribution in [3.8, 4) is 11.5 Å². The zero-order valence-electron chi connectivity index (χ0n) is 9.18. The third kappa shape index (κ3) is 3.15. The lowest BCUT2D eigenvalue weighted by molar-refractivity contribution is 0.322. The third-order valence-corrected chi connectivity index (χ3v) is 2.76. The van der Waals surface area contributed by atoms with Gasteiger partial charge in [0, 0.05) is 11.1 Å². The lowest BCUT2D eigenvalue weighted by atomic mass is 10.2. The summed E-state index contributed by atoms with van der Waals surface area (Å²) >= 11 is 11.9. The first-order valence-corrected chi connectivity index (χ1v) is 5.85. The SMILES string of the molecule is ON=Cc1ccc(Oc2cc(Cl)ccc2Cl)cc1. The molecule has 2 aromatic rings. The Bertz CT molecular complexity index is 568. The number of hydrogen-bond acceptors (Lipinski definition) is 3. The Labute approximate surface area is 114 Å². The number of halogens is 2. The van der Waals surface area contributed by atoms with Gasteiger partial charge in [-0.2, -0.15) is 0 Å². The molecule has 0 atom stereocenters. The molecule has 0 fully saturated rings. The topological polar surface area (TPSA) is 41.8 Å². The summed E-state index contributed by atoms with van der Waals surface area (Å²) in [6.07, 6.45) is 1.33. The van der Waals surface area contributed by atoms with Crippen LogP contribution in [0.25, 0.3) is 0 Å². The molecule has 0 heterocycles. The molecule has 5 heteroatoms. The molecule has 2 aromatic carbocycles. The van der Waals surface area contributed by atoms with Crippen LogP contribution in [0, 0.1) is 0 Å². The molecule has 0 spiro atoms. The molecule has 0 aliphatic rings. The highest BCUT2D eigenvalue weighted by atomic mass is 35.5. The summed E-state index contributed by atoms with van der Waals surface area (Å²) in [5.74, 6) is 1.11. The van der Waals surface area contributed by atoms with Crippen LogP contribution in [-0.4, -0.2) is 11.4 Å². The molecule has 3 nitrogen and oxygen atoms in total. The van der Waals surface area contributed by atoms with Gasteiger partial charge in [0.2, 0.25) is 0 Å². The number of benzene rings is 2. The molecule has 0 saturated carbocycles. The zero-order valence-corrected chi connectivity index (χ0v) is 10.7. The van der Waals surface area contributed by atoms with Gasteiger partial charge in [0.1, 0.15) is 11.5 Å². The van der Waals surface area contributed by atoms with Crippen LogP contribution in [-0.2, 0) is 0 Å². The number of rotatable bonds is 3. The standard InChI is InChI=1S/C13H9Cl2NO2/c14-10-3-6-12(15)13(7-10)18-11-4-1-9(2-5-11)8-16-17/h1-8,17H. The average molecular weight is 282 g/mol. The molecule has 18 heavy (non-hydrogen) atoms. The van der Waals surface area contributed by atoms with E-state index in [1.54, 1.807) is 42.5 Å². The van der Waals surface area contributed by atoms with Gasteiger partial charge in [0.15, 0.2) is 0 Å². The predicted molar refractivity (Wildman–Crippen MR) is 72.4 cm³/mol. The first-order valence-electron chi connectivity index (χ1n) is 5.09. The van der Waals surface area contributed by atoms with E-state index in [-0.39, 0.29) is 0 Å². The van der Waals surface area contributed by atoms with Crippen LogP contribution < -0.4 is 4.74 Å². The van der Waals surface area contributed by atoms with Crippen molar-refractivity contribution in [3.63, 3.8) is 0 Å². The van der Waals surface area contributed by atoms with E-state index in [9.17, 15) is 0 Å². The molecule has 0 saturated heterocycles. The number of hydrogen-bond donors (Lipinski definition) is 1. The van der Waals surface area contributed by atoms with E-state index in [1.807, 2.05) is 0 Å². The fourth-order valence-corrected chi connectivity index (χ4v) is 1.69. The molecule has 0 unspecified atom stereocenters. The lowest BCUT2D eigenvalue weighted by Gasteiger charge is -2.07. The molecule has 0 aliphatic carbocycles. The highest BCUT2D eigenvalue weighted by molar-refractivity contribution is 6.34. The molecular formula is C13H9Cl2NO2. The van der Waals surface area contributed by atoms with Gasteiger partial charge in [-0.25, -0.2) is 0 Å². The van der Waals surface area contributed by atoms with Crippen LogP contribution in [0.5, 0.6) is 11.5 Å². The van der Waals surface area contributed by atoms with Crippen LogP contribution >= 0.6 is 23.2 Å². The Kier molecular flexibility index (Phi) is 4.07. The van der Waals surface area contributed by atoms with Gasteiger partial charge in [-0.1, -0.05) is 28.4 Å². The Balaban J connectivity index is 2.20. The van der Waals surface area contributed by atoms with Crippen molar-refractivity contribution < 1.29 is 9.94 Å². The van der Waals surface area contributed by atoms with Gasteiger partial charge in [-0.3, -0.25) is 0 Å². The van der Waals surface area contributed by atoms with Crippen molar-refractivity contribution in [2.24, 2.45) is 5.16 Å². The first kappa shape index (κ1) is 12.7. The quantitative estimate of drug-likeness (QED) is 0.508. The van der Waals surface area contributed by atoms with Gasteiger partial charge in [0.25, 0.3) is 0 Å². The van der Waals surface area contributed by atoms with E-state index in [1.165, 1.54) is 6.21 Å². The Morgan fingerprint density at radius 3 is 2.44 bits per heavy atom. The lowest BCUT2D eigenvalue weighted by Crippen LogP contribution is -1.86. The maximum Gasteiger partial charge on any atom is 0.147 e. The van der Waals surface area contributed by atoms with Crippen LogP contribution in [0.15, 0.2) is 47.6 Å². The largest absolute Gasteiger partial charge is 0.456 e. The molecule has 0 aliphatic heterocycles. The van der Waals surface area contributed by atoms with Gasteiger partial charge in [-0.15, -0.1) is 0 Å². The Morgan fingerprint density at radius 2 is 1.78 bits per heavy atom. The second-order valence-corrected chi connectivity index (χ2v) is 4.33. The van der Waals surface area contributed by atoms with Crippen molar-refractivity contribution in [2.45, 2.75) is 0 Å². The zero-order chi connectivity index (χ0) is 13.0. The molecule has 0 bridgehead atoms. The summed E-state index contributed by atoms with van der Waals surface area (Å²) in [5, 5.41) is 12.4. The summed E-state index contributed by atoms with van der Waals surface area (Å²) in [5.41, 5.74) is 0.766. The van der Waals surface area contributed by atoms with E-state index < -0.39 is 0 Å². The third-order valence-electron chi connectivity index (χ3n) is 2.21. The van der Waals surface area contributed by atoms with E-state index in [0.717, 1.165) is 5.56 Å². The first-order chi connectivity index (χ1) is 8.69. The summed E-state index contributed by atoms with van der Waals surface area (Å²) in [6.45, 7) is 0. The van der Waals surface area contributed by atoms with Gasteiger partial charge in [0.05, 0.1) is 11.2 Å². The van der Waals surface area contributed by atoms with Crippen LogP contribution in [0.2, 0.25) is 10.0 Å². The number of nitrogens with zero attached hydrogens (tertiary/aromatic N) is 1. The monoisotopic (exact) mass is 281 g/mol. The minimum atomic E-state index is 0.486. The molecule has 2 rings (SSSR count). The molecule has 92 valence electrons. The van der Waals surface area contributed by atoms with Gasteiger partial charge >= 0.3 is 0 Å². The minimum Gasteiger partial charge on any atom is -0.456 e. The highest BCUT2D eigenvalue weighted by Crippen LogP contribution is 2.31. The van der Waals surface area contributed by atoms with E-state index in [0.29, 0.717) is 21.5 Å². The van der Waals surface area contributed by atoms with Crippen molar-refractivity contribution in [2.75, 3.05) is 0 Å².